The number of nitrogen functional groups attached to an aromatic ring is 1. The van der Waals surface area contributed by atoms with Crippen LogP contribution < -0.4 is 15.2 Å². The first-order valence-corrected chi connectivity index (χ1v) is 10.8. The fourth-order valence-electron chi connectivity index (χ4n) is 4.08. The quantitative estimate of drug-likeness (QED) is 0.521. The van der Waals surface area contributed by atoms with Crippen molar-refractivity contribution in [2.45, 2.75) is 38.7 Å². The third-order valence-corrected chi connectivity index (χ3v) is 6.03. The van der Waals surface area contributed by atoms with E-state index >= 15 is 0 Å². The summed E-state index contributed by atoms with van der Waals surface area (Å²) in [4.78, 5) is 4.55. The molecule has 0 atom stereocenters. The topological polar surface area (TPSA) is 81.2 Å². The summed E-state index contributed by atoms with van der Waals surface area (Å²) in [5.74, 6) is 1.49. The molecule has 2 aromatic carbocycles. The molecule has 0 saturated heterocycles. The Bertz CT molecular complexity index is 1150. The standard InChI is InChI=1S/C25H24ClN3O2/c1-30-23-13-16(11-12-22(23)31-15-17-7-5-6-9-20(17)26)24-18-8-3-2-4-10-21(18)29-25(28)19(24)14-27/h5-7,9,11-13H,2-4,8,10,15H2,1H3,(H2,28,29). The number of hydrogen-bond acceptors (Lipinski definition) is 5. The average molecular weight is 434 g/mol. The minimum atomic E-state index is 0.288. The number of pyridine rings is 1. The van der Waals surface area contributed by atoms with Crippen LogP contribution in [0.25, 0.3) is 11.1 Å². The van der Waals surface area contributed by atoms with E-state index in [0.717, 1.165) is 60.1 Å². The maximum absolute atomic E-state index is 9.81. The minimum Gasteiger partial charge on any atom is -0.493 e. The summed E-state index contributed by atoms with van der Waals surface area (Å²) in [5.41, 5.74) is 11.4. The Labute approximate surface area is 187 Å². The molecule has 3 aromatic rings. The fraction of sp³-hybridized carbons (Fsp3) is 0.280. The molecule has 0 aliphatic heterocycles. The number of ether oxygens (including phenoxy) is 2. The lowest BCUT2D eigenvalue weighted by molar-refractivity contribution is 0.284. The predicted octanol–water partition coefficient (Wildman–Crippen LogP) is 5.71. The zero-order valence-electron chi connectivity index (χ0n) is 17.5. The van der Waals surface area contributed by atoms with Crippen molar-refractivity contribution in [3.8, 4) is 28.7 Å². The fourth-order valence-corrected chi connectivity index (χ4v) is 4.27. The Balaban J connectivity index is 1.74. The monoisotopic (exact) mass is 433 g/mol. The van der Waals surface area contributed by atoms with Gasteiger partial charge in [-0.2, -0.15) is 5.26 Å². The summed E-state index contributed by atoms with van der Waals surface area (Å²) < 4.78 is 11.6. The van der Waals surface area contributed by atoms with Crippen LogP contribution in [-0.4, -0.2) is 12.1 Å². The molecule has 5 nitrogen and oxygen atoms in total. The van der Waals surface area contributed by atoms with Crippen LogP contribution in [-0.2, 0) is 19.4 Å². The number of anilines is 1. The Morgan fingerprint density at radius 2 is 1.90 bits per heavy atom. The van der Waals surface area contributed by atoms with Crippen molar-refractivity contribution in [2.24, 2.45) is 0 Å². The van der Waals surface area contributed by atoms with Gasteiger partial charge in [0.15, 0.2) is 11.5 Å². The number of nitrogens with two attached hydrogens (primary N) is 1. The lowest BCUT2D eigenvalue weighted by Crippen LogP contribution is -2.07. The molecule has 1 aliphatic rings. The molecule has 1 aromatic heterocycles. The molecule has 0 radical (unpaired) electrons. The molecule has 0 amide bonds. The molecular weight excluding hydrogens is 410 g/mol. The molecule has 31 heavy (non-hydrogen) atoms. The summed E-state index contributed by atoms with van der Waals surface area (Å²) in [5, 5.41) is 10.5. The van der Waals surface area contributed by atoms with Gasteiger partial charge in [-0.3, -0.25) is 0 Å². The first-order chi connectivity index (χ1) is 15.1. The molecule has 0 unspecified atom stereocenters. The van der Waals surface area contributed by atoms with Crippen LogP contribution in [0.4, 0.5) is 5.82 Å². The van der Waals surface area contributed by atoms with Crippen LogP contribution in [0.15, 0.2) is 42.5 Å². The largest absolute Gasteiger partial charge is 0.493 e. The molecule has 1 heterocycles. The second-order valence-corrected chi connectivity index (χ2v) is 8.00. The summed E-state index contributed by atoms with van der Waals surface area (Å²) in [6.45, 7) is 0.330. The van der Waals surface area contributed by atoms with Gasteiger partial charge < -0.3 is 15.2 Å². The van der Waals surface area contributed by atoms with Gasteiger partial charge >= 0.3 is 0 Å². The number of nitriles is 1. The predicted molar refractivity (Wildman–Crippen MR) is 122 cm³/mol. The van der Waals surface area contributed by atoms with Crippen molar-refractivity contribution in [3.05, 3.63) is 69.9 Å². The van der Waals surface area contributed by atoms with Crippen LogP contribution >= 0.6 is 11.6 Å². The normalized spacial score (nSPS) is 13.1. The first kappa shape index (κ1) is 21.0. The third kappa shape index (κ3) is 4.30. The summed E-state index contributed by atoms with van der Waals surface area (Å²) >= 11 is 6.24. The van der Waals surface area contributed by atoms with Crippen LogP contribution in [0.5, 0.6) is 11.5 Å². The van der Waals surface area contributed by atoms with E-state index < -0.39 is 0 Å². The van der Waals surface area contributed by atoms with Gasteiger partial charge in [0.1, 0.15) is 24.1 Å². The second kappa shape index (κ2) is 9.28. The number of methoxy groups -OCH3 is 1. The van der Waals surface area contributed by atoms with Crippen LogP contribution in [0.1, 0.15) is 41.6 Å². The van der Waals surface area contributed by atoms with Crippen LogP contribution in [0.3, 0.4) is 0 Å². The highest BCUT2D eigenvalue weighted by molar-refractivity contribution is 6.31. The highest BCUT2D eigenvalue weighted by atomic mass is 35.5. The first-order valence-electron chi connectivity index (χ1n) is 10.4. The zero-order chi connectivity index (χ0) is 21.8. The number of aryl methyl sites for hydroxylation is 1. The average Bonchev–Trinajstić information content (AvgIpc) is 3.02. The molecule has 1 aliphatic carbocycles. The number of hydrogen-bond donors (Lipinski definition) is 1. The zero-order valence-corrected chi connectivity index (χ0v) is 18.2. The number of fused-ring (bicyclic) bond motifs is 1. The third-order valence-electron chi connectivity index (χ3n) is 5.66. The molecule has 6 heteroatoms. The van der Waals surface area contributed by atoms with Crippen molar-refractivity contribution >= 4 is 17.4 Å². The number of aromatic nitrogens is 1. The van der Waals surface area contributed by atoms with Gasteiger partial charge in [0.25, 0.3) is 0 Å². The van der Waals surface area contributed by atoms with E-state index in [-0.39, 0.29) is 5.82 Å². The Kier molecular flexibility index (Phi) is 6.29. The van der Waals surface area contributed by atoms with Gasteiger partial charge in [0.2, 0.25) is 0 Å². The molecule has 0 fully saturated rings. The lowest BCUT2D eigenvalue weighted by atomic mass is 9.91. The van der Waals surface area contributed by atoms with Crippen molar-refractivity contribution in [3.63, 3.8) is 0 Å². The Hall–Kier alpha value is -3.23. The number of halogens is 1. The van der Waals surface area contributed by atoms with Gasteiger partial charge in [-0.15, -0.1) is 0 Å². The minimum absolute atomic E-state index is 0.288. The molecule has 0 saturated carbocycles. The SMILES string of the molecule is COc1cc(-c2c(C#N)c(N)nc3c2CCCCC3)ccc1OCc1ccccc1Cl. The van der Waals surface area contributed by atoms with E-state index in [1.807, 2.05) is 42.5 Å². The Morgan fingerprint density at radius 1 is 1.10 bits per heavy atom. The van der Waals surface area contributed by atoms with E-state index in [4.69, 9.17) is 26.8 Å². The Morgan fingerprint density at radius 3 is 2.68 bits per heavy atom. The molecule has 0 bridgehead atoms. The summed E-state index contributed by atoms with van der Waals surface area (Å²) in [6.07, 6.45) is 5.08. The van der Waals surface area contributed by atoms with Crippen molar-refractivity contribution < 1.29 is 9.47 Å². The van der Waals surface area contributed by atoms with Gasteiger partial charge in [-0.05, 0) is 55.0 Å². The van der Waals surface area contributed by atoms with Crippen molar-refractivity contribution in [1.29, 1.82) is 5.26 Å². The second-order valence-electron chi connectivity index (χ2n) is 7.59. The lowest BCUT2D eigenvalue weighted by Gasteiger charge is -2.18. The molecule has 4 rings (SSSR count). The highest BCUT2D eigenvalue weighted by Crippen LogP contribution is 2.39. The van der Waals surface area contributed by atoms with Gasteiger partial charge in [0, 0.05) is 21.8 Å². The molecule has 158 valence electrons. The van der Waals surface area contributed by atoms with Crippen LogP contribution in [0, 0.1) is 11.3 Å². The number of benzene rings is 2. The van der Waals surface area contributed by atoms with Crippen molar-refractivity contribution in [2.75, 3.05) is 12.8 Å². The maximum Gasteiger partial charge on any atom is 0.161 e. The summed E-state index contributed by atoms with van der Waals surface area (Å²) in [7, 11) is 1.61. The van der Waals surface area contributed by atoms with Gasteiger partial charge in [-0.1, -0.05) is 42.3 Å². The number of rotatable bonds is 5. The summed E-state index contributed by atoms with van der Waals surface area (Å²) in [6, 6.07) is 15.6. The van der Waals surface area contributed by atoms with Crippen LogP contribution in [0.2, 0.25) is 5.02 Å². The van der Waals surface area contributed by atoms with Gasteiger partial charge in [0.05, 0.1) is 7.11 Å². The van der Waals surface area contributed by atoms with Crippen molar-refractivity contribution in [1.82, 2.24) is 4.98 Å². The highest BCUT2D eigenvalue weighted by Gasteiger charge is 2.22. The smallest absolute Gasteiger partial charge is 0.161 e. The van der Waals surface area contributed by atoms with E-state index in [9.17, 15) is 5.26 Å². The maximum atomic E-state index is 9.81. The van der Waals surface area contributed by atoms with E-state index in [2.05, 4.69) is 11.1 Å². The molecule has 2 N–H and O–H groups in total. The van der Waals surface area contributed by atoms with E-state index in [1.54, 1.807) is 7.11 Å². The van der Waals surface area contributed by atoms with E-state index in [0.29, 0.717) is 28.7 Å². The van der Waals surface area contributed by atoms with Gasteiger partial charge in [-0.25, -0.2) is 4.98 Å². The van der Waals surface area contributed by atoms with E-state index in [1.165, 1.54) is 0 Å². The number of nitrogens with zero attached hydrogens (tertiary/aromatic N) is 2. The molecular formula is C25H24ClN3O2. The molecule has 0 spiro atoms.